The fourth-order valence-electron chi connectivity index (χ4n) is 4.11. The number of carbonyl (C=O) groups is 1. The number of nitrogens with one attached hydrogen (secondary N) is 1. The Labute approximate surface area is 176 Å². The summed E-state index contributed by atoms with van der Waals surface area (Å²) in [6.45, 7) is 5.95. The molecule has 4 nitrogen and oxygen atoms in total. The number of rotatable bonds is 5. The quantitative estimate of drug-likeness (QED) is 0.551. The third-order valence-corrected chi connectivity index (χ3v) is 6.63. The molecule has 1 amide bonds. The average Bonchev–Trinajstić information content (AvgIpc) is 3.16. The van der Waals surface area contributed by atoms with Crippen LogP contribution in [-0.4, -0.2) is 41.2 Å². The Morgan fingerprint density at radius 2 is 1.86 bits per heavy atom. The van der Waals surface area contributed by atoms with Gasteiger partial charge in [-0.05, 0) is 66.8 Å². The molecule has 5 heteroatoms. The Kier molecular flexibility index (Phi) is 5.86. The number of benzene rings is 2. The number of H-pyrrole nitrogens is 1. The Hall–Kier alpha value is -2.40. The van der Waals surface area contributed by atoms with Gasteiger partial charge in [0.15, 0.2) is 0 Å². The number of amides is 1. The summed E-state index contributed by atoms with van der Waals surface area (Å²) < 4.78 is 5.39. The second-order valence-electron chi connectivity index (χ2n) is 7.91. The molecule has 1 saturated heterocycles. The Bertz CT molecular complexity index is 986. The lowest BCUT2D eigenvalue weighted by atomic mass is 9.89. The lowest BCUT2D eigenvalue weighted by molar-refractivity contribution is 0.0713. The van der Waals surface area contributed by atoms with Crippen LogP contribution in [0.4, 0.5) is 0 Å². The maximum atomic E-state index is 12.9. The van der Waals surface area contributed by atoms with Crippen LogP contribution in [0.25, 0.3) is 10.9 Å². The number of hydrogen-bond donors (Lipinski definition) is 1. The number of methoxy groups -OCH3 is 1. The van der Waals surface area contributed by atoms with E-state index in [4.69, 9.17) is 4.74 Å². The number of thioether (sulfide) groups is 1. The van der Waals surface area contributed by atoms with E-state index in [1.54, 1.807) is 7.11 Å². The van der Waals surface area contributed by atoms with Crippen molar-refractivity contribution in [2.24, 2.45) is 0 Å². The van der Waals surface area contributed by atoms with E-state index < -0.39 is 0 Å². The van der Waals surface area contributed by atoms with Gasteiger partial charge in [0.2, 0.25) is 0 Å². The average molecular weight is 409 g/mol. The first-order valence-corrected chi connectivity index (χ1v) is 11.1. The van der Waals surface area contributed by atoms with E-state index >= 15 is 0 Å². The van der Waals surface area contributed by atoms with Gasteiger partial charge in [0, 0.05) is 45.9 Å². The zero-order valence-electron chi connectivity index (χ0n) is 17.3. The molecule has 1 aliphatic rings. The zero-order chi connectivity index (χ0) is 20.4. The van der Waals surface area contributed by atoms with Gasteiger partial charge in [-0.2, -0.15) is 0 Å². The van der Waals surface area contributed by atoms with Gasteiger partial charge < -0.3 is 14.6 Å². The van der Waals surface area contributed by atoms with Crippen molar-refractivity contribution in [2.45, 2.75) is 42.8 Å². The van der Waals surface area contributed by atoms with Crippen LogP contribution < -0.4 is 4.74 Å². The maximum absolute atomic E-state index is 12.9. The molecule has 29 heavy (non-hydrogen) atoms. The van der Waals surface area contributed by atoms with Gasteiger partial charge in [0.05, 0.1) is 7.11 Å². The molecule has 1 aromatic heterocycles. The zero-order valence-corrected chi connectivity index (χ0v) is 18.1. The first kappa shape index (κ1) is 19.9. The largest absolute Gasteiger partial charge is 0.497 e. The van der Waals surface area contributed by atoms with Crippen molar-refractivity contribution in [3.05, 3.63) is 59.8 Å². The molecule has 1 N–H and O–H groups in total. The van der Waals surface area contributed by atoms with E-state index in [0.29, 0.717) is 11.2 Å². The summed E-state index contributed by atoms with van der Waals surface area (Å²) in [5.41, 5.74) is 3.26. The van der Waals surface area contributed by atoms with E-state index in [2.05, 4.69) is 49.3 Å². The first-order valence-electron chi connectivity index (χ1n) is 10.3. The summed E-state index contributed by atoms with van der Waals surface area (Å²) in [4.78, 5) is 19.5. The van der Waals surface area contributed by atoms with E-state index in [9.17, 15) is 4.79 Å². The summed E-state index contributed by atoms with van der Waals surface area (Å²) in [6.07, 6.45) is 4.09. The molecular formula is C24H28N2O2S. The summed E-state index contributed by atoms with van der Waals surface area (Å²) in [5, 5.41) is 1.77. The third-order valence-electron chi connectivity index (χ3n) is 5.62. The molecule has 3 aromatic rings. The van der Waals surface area contributed by atoms with Crippen molar-refractivity contribution >= 4 is 28.6 Å². The van der Waals surface area contributed by atoms with Gasteiger partial charge in [-0.3, -0.25) is 4.79 Å². The molecule has 0 radical (unpaired) electrons. The number of hydrogen-bond acceptors (Lipinski definition) is 3. The predicted molar refractivity (Wildman–Crippen MR) is 120 cm³/mol. The summed E-state index contributed by atoms with van der Waals surface area (Å²) in [5.74, 6) is 1.49. The van der Waals surface area contributed by atoms with Gasteiger partial charge in [0.1, 0.15) is 5.75 Å². The second-order valence-corrected chi connectivity index (χ2v) is 9.56. The topological polar surface area (TPSA) is 45.3 Å². The Morgan fingerprint density at radius 3 is 2.52 bits per heavy atom. The number of ether oxygens (including phenoxy) is 1. The molecular weight excluding hydrogens is 380 g/mol. The van der Waals surface area contributed by atoms with Crippen molar-refractivity contribution in [3.8, 4) is 5.75 Å². The number of carbonyl (C=O) groups excluding carboxylic acids is 1. The van der Waals surface area contributed by atoms with Gasteiger partial charge >= 0.3 is 0 Å². The SMILES string of the molecule is COc1ccc2[nH]cc(C3CCN(C(=O)c4ccc(SC(C)C)cc4)CC3)c2c1. The minimum Gasteiger partial charge on any atom is -0.497 e. The fourth-order valence-corrected chi connectivity index (χ4v) is 4.95. The molecule has 0 bridgehead atoms. The monoisotopic (exact) mass is 408 g/mol. The summed E-state index contributed by atoms with van der Waals surface area (Å²) in [6, 6.07) is 14.2. The van der Waals surface area contributed by atoms with Gasteiger partial charge in [-0.1, -0.05) is 13.8 Å². The summed E-state index contributed by atoms with van der Waals surface area (Å²) in [7, 11) is 1.70. The molecule has 2 heterocycles. The maximum Gasteiger partial charge on any atom is 0.253 e. The van der Waals surface area contributed by atoms with Crippen LogP contribution in [0.3, 0.4) is 0 Å². The number of piperidine rings is 1. The van der Waals surface area contributed by atoms with Crippen LogP contribution in [0.5, 0.6) is 5.75 Å². The highest BCUT2D eigenvalue weighted by atomic mass is 32.2. The predicted octanol–water partition coefficient (Wildman–Crippen LogP) is 5.70. The van der Waals surface area contributed by atoms with Crippen LogP contribution >= 0.6 is 11.8 Å². The number of likely N-dealkylation sites (tertiary alicyclic amines) is 1. The van der Waals surface area contributed by atoms with Crippen molar-refractivity contribution < 1.29 is 9.53 Å². The number of nitrogens with zero attached hydrogens (tertiary/aromatic N) is 1. The van der Waals surface area contributed by atoms with Gasteiger partial charge in [0.25, 0.3) is 5.91 Å². The van der Waals surface area contributed by atoms with Crippen molar-refractivity contribution in [1.29, 1.82) is 0 Å². The van der Waals surface area contributed by atoms with Gasteiger partial charge in [-0.25, -0.2) is 0 Å². The third kappa shape index (κ3) is 4.30. The number of aromatic amines is 1. The first-order chi connectivity index (χ1) is 14.0. The highest BCUT2D eigenvalue weighted by Crippen LogP contribution is 2.35. The van der Waals surface area contributed by atoms with Crippen LogP contribution in [0.2, 0.25) is 0 Å². The lowest BCUT2D eigenvalue weighted by Gasteiger charge is -2.32. The molecule has 0 aliphatic carbocycles. The number of fused-ring (bicyclic) bond motifs is 1. The van der Waals surface area contributed by atoms with Crippen LogP contribution in [0.1, 0.15) is 48.5 Å². The standard InChI is InChI=1S/C24H28N2O2S/c1-16(2)29-20-7-4-18(5-8-20)24(27)26-12-10-17(11-13-26)22-15-25-23-9-6-19(28-3)14-21(22)23/h4-9,14-17,25H,10-13H2,1-3H3. The van der Waals surface area contributed by atoms with Crippen LogP contribution in [0, 0.1) is 0 Å². The van der Waals surface area contributed by atoms with E-state index in [1.807, 2.05) is 34.9 Å². The van der Waals surface area contributed by atoms with Crippen molar-refractivity contribution in [1.82, 2.24) is 9.88 Å². The Balaban J connectivity index is 1.42. The van der Waals surface area contributed by atoms with E-state index in [-0.39, 0.29) is 5.91 Å². The molecule has 4 rings (SSSR count). The van der Waals surface area contributed by atoms with Crippen molar-refractivity contribution in [3.63, 3.8) is 0 Å². The minimum absolute atomic E-state index is 0.144. The van der Waals surface area contributed by atoms with Gasteiger partial charge in [-0.15, -0.1) is 11.8 Å². The van der Waals surface area contributed by atoms with E-state index in [0.717, 1.165) is 42.8 Å². The molecule has 0 atom stereocenters. The highest BCUT2D eigenvalue weighted by Gasteiger charge is 2.26. The fraction of sp³-hybridized carbons (Fsp3) is 0.375. The van der Waals surface area contributed by atoms with Crippen molar-refractivity contribution in [2.75, 3.05) is 20.2 Å². The highest BCUT2D eigenvalue weighted by molar-refractivity contribution is 7.99. The number of aromatic nitrogens is 1. The lowest BCUT2D eigenvalue weighted by Crippen LogP contribution is -2.37. The normalized spacial score (nSPS) is 15.2. The van der Waals surface area contributed by atoms with Crippen LogP contribution in [-0.2, 0) is 0 Å². The molecule has 152 valence electrons. The molecule has 2 aromatic carbocycles. The van der Waals surface area contributed by atoms with Crippen LogP contribution in [0.15, 0.2) is 53.6 Å². The molecule has 0 saturated carbocycles. The summed E-state index contributed by atoms with van der Waals surface area (Å²) >= 11 is 1.82. The molecule has 0 unspecified atom stereocenters. The molecule has 0 spiro atoms. The minimum atomic E-state index is 0.144. The second kappa shape index (κ2) is 8.54. The Morgan fingerprint density at radius 1 is 1.14 bits per heavy atom. The smallest absolute Gasteiger partial charge is 0.253 e. The molecule has 1 aliphatic heterocycles. The molecule has 1 fully saturated rings. The van der Waals surface area contributed by atoms with E-state index in [1.165, 1.54) is 15.8 Å².